The van der Waals surface area contributed by atoms with Gasteiger partial charge in [0, 0.05) is 0 Å². The van der Waals surface area contributed by atoms with Crippen LogP contribution in [-0.2, 0) is 9.59 Å². The lowest BCUT2D eigenvalue weighted by Crippen LogP contribution is -2.12. The minimum atomic E-state index is -1.67. The van der Waals surface area contributed by atoms with Gasteiger partial charge in [-0.15, -0.1) is 4.91 Å². The Hall–Kier alpha value is -1.72. The van der Waals surface area contributed by atoms with Crippen molar-refractivity contribution < 1.29 is 19.8 Å². The molecule has 2 N–H and O–H groups in total. The van der Waals surface area contributed by atoms with Gasteiger partial charge in [0.15, 0.2) is 5.57 Å². The van der Waals surface area contributed by atoms with E-state index in [0.29, 0.717) is 0 Å². The number of hydrogen-bond acceptors (Lipinski definition) is 4. The molecule has 0 unspecified atom stereocenters. The van der Waals surface area contributed by atoms with Crippen LogP contribution in [0.15, 0.2) is 16.4 Å². The van der Waals surface area contributed by atoms with Crippen LogP contribution in [0.4, 0.5) is 0 Å². The van der Waals surface area contributed by atoms with Crippen molar-refractivity contribution in [2.24, 2.45) is 5.18 Å². The highest BCUT2D eigenvalue weighted by atomic mass is 16.4. The van der Waals surface area contributed by atoms with E-state index in [1.807, 2.05) is 0 Å². The largest absolute Gasteiger partial charge is 0.477 e. The fourth-order valence-electron chi connectivity index (χ4n) is 0.447. The fourth-order valence-corrected chi connectivity index (χ4v) is 0.447. The van der Waals surface area contributed by atoms with E-state index in [0.717, 1.165) is 6.92 Å². The van der Waals surface area contributed by atoms with Crippen LogP contribution in [0.25, 0.3) is 0 Å². The predicted octanol–water partition coefficient (Wildman–Crippen LogP) is 0.196. The Bertz CT molecular complexity index is 225. The van der Waals surface area contributed by atoms with Gasteiger partial charge in [-0.05, 0) is 12.1 Å². The monoisotopic (exact) mass is 159 g/mol. The third kappa shape index (κ3) is 2.17. The highest BCUT2D eigenvalue weighted by Crippen LogP contribution is 2.04. The predicted molar refractivity (Wildman–Crippen MR) is 33.8 cm³/mol. The molecule has 0 aromatic carbocycles. The summed E-state index contributed by atoms with van der Waals surface area (Å²) in [6, 6.07) is 0. The Labute approximate surface area is 61.1 Å². The topological polar surface area (TPSA) is 104 Å². The molecule has 0 aliphatic carbocycles. The summed E-state index contributed by atoms with van der Waals surface area (Å²) in [6.45, 7) is 1.02. The molecule has 0 fully saturated rings. The van der Waals surface area contributed by atoms with Gasteiger partial charge in [-0.25, -0.2) is 9.59 Å². The van der Waals surface area contributed by atoms with Gasteiger partial charge in [-0.1, -0.05) is 0 Å². The van der Waals surface area contributed by atoms with Crippen LogP contribution >= 0.6 is 0 Å². The fraction of sp³-hybridized carbons (Fsp3) is 0.200. The average Bonchev–Trinajstić information content (AvgIpc) is 1.85. The summed E-state index contributed by atoms with van der Waals surface area (Å²) in [4.78, 5) is 29.9. The Morgan fingerprint density at radius 2 is 1.55 bits per heavy atom. The van der Waals surface area contributed by atoms with Crippen molar-refractivity contribution in [3.05, 3.63) is 16.2 Å². The van der Waals surface area contributed by atoms with Crippen LogP contribution in [0.3, 0.4) is 0 Å². The molecule has 0 aromatic rings. The van der Waals surface area contributed by atoms with Crippen molar-refractivity contribution in [3.63, 3.8) is 0 Å². The second kappa shape index (κ2) is 3.45. The molecule has 0 aromatic heterocycles. The molecule has 0 aliphatic heterocycles. The molecule has 0 spiro atoms. The summed E-state index contributed by atoms with van der Waals surface area (Å²) in [6.07, 6.45) is 0. The highest BCUT2D eigenvalue weighted by Gasteiger charge is 2.19. The van der Waals surface area contributed by atoms with Gasteiger partial charge >= 0.3 is 11.9 Å². The molecular weight excluding hydrogens is 154 g/mol. The minimum Gasteiger partial charge on any atom is -0.477 e. The molecule has 0 radical (unpaired) electrons. The molecule has 0 atom stereocenters. The molecule has 6 heteroatoms. The number of carboxylic acid groups (broad SMARTS) is 2. The number of carboxylic acids is 2. The second-order valence-electron chi connectivity index (χ2n) is 1.66. The van der Waals surface area contributed by atoms with Crippen molar-refractivity contribution in [2.75, 3.05) is 0 Å². The molecule has 11 heavy (non-hydrogen) atoms. The Kier molecular flexibility index (Phi) is 2.91. The van der Waals surface area contributed by atoms with E-state index in [-0.39, 0.29) is 0 Å². The maximum absolute atomic E-state index is 10.1. The van der Waals surface area contributed by atoms with E-state index < -0.39 is 23.2 Å². The molecule has 0 saturated carbocycles. The smallest absolute Gasteiger partial charge is 0.345 e. The summed E-state index contributed by atoms with van der Waals surface area (Å²) in [5, 5.41) is 18.6. The number of nitroso groups, excluding NO2 is 1. The lowest BCUT2D eigenvalue weighted by atomic mass is 10.2. The summed E-state index contributed by atoms with van der Waals surface area (Å²) < 4.78 is 0. The minimum absolute atomic E-state index is 0.551. The first-order valence-electron chi connectivity index (χ1n) is 2.51. The standard InChI is InChI=1S/C5H5NO5/c1-2(6-11)3(4(7)8)5(9)10/h1H3,(H,7,8)(H,9,10). The van der Waals surface area contributed by atoms with E-state index in [9.17, 15) is 14.5 Å². The van der Waals surface area contributed by atoms with Crippen molar-refractivity contribution in [2.45, 2.75) is 6.92 Å². The number of rotatable bonds is 3. The van der Waals surface area contributed by atoms with Gasteiger partial charge in [0.2, 0.25) is 0 Å². The Morgan fingerprint density at radius 1 is 1.18 bits per heavy atom. The molecule has 0 bridgehead atoms. The normalized spacial score (nSPS) is 8.45. The highest BCUT2D eigenvalue weighted by molar-refractivity contribution is 6.13. The van der Waals surface area contributed by atoms with Crippen LogP contribution in [0.1, 0.15) is 6.92 Å². The van der Waals surface area contributed by atoms with Gasteiger partial charge in [0.05, 0.1) is 0 Å². The molecule has 0 saturated heterocycles. The zero-order valence-electron chi connectivity index (χ0n) is 5.57. The van der Waals surface area contributed by atoms with Crippen molar-refractivity contribution in [1.82, 2.24) is 0 Å². The number of allylic oxidation sites excluding steroid dienone is 1. The van der Waals surface area contributed by atoms with Gasteiger partial charge in [-0.3, -0.25) is 0 Å². The first-order valence-corrected chi connectivity index (χ1v) is 2.51. The van der Waals surface area contributed by atoms with Crippen molar-refractivity contribution in [1.29, 1.82) is 0 Å². The van der Waals surface area contributed by atoms with Crippen molar-refractivity contribution >= 4 is 11.9 Å². The molecule has 6 nitrogen and oxygen atoms in total. The maximum atomic E-state index is 10.1. The molecule has 60 valence electrons. The molecule has 0 amide bonds. The van der Waals surface area contributed by atoms with E-state index >= 15 is 0 Å². The van der Waals surface area contributed by atoms with Gasteiger partial charge in [0.1, 0.15) is 5.70 Å². The Morgan fingerprint density at radius 3 is 1.64 bits per heavy atom. The zero-order valence-corrected chi connectivity index (χ0v) is 5.57. The van der Waals surface area contributed by atoms with E-state index in [4.69, 9.17) is 10.2 Å². The van der Waals surface area contributed by atoms with Gasteiger partial charge < -0.3 is 10.2 Å². The third-order valence-corrected chi connectivity index (χ3v) is 0.926. The number of nitrogens with zero attached hydrogens (tertiary/aromatic N) is 1. The molecule has 0 rings (SSSR count). The SMILES string of the molecule is CC(N=O)=C(C(=O)O)C(=O)O. The van der Waals surface area contributed by atoms with Crippen molar-refractivity contribution in [3.8, 4) is 0 Å². The number of hydrogen-bond donors (Lipinski definition) is 2. The number of aliphatic carboxylic acids is 2. The van der Waals surface area contributed by atoms with E-state index in [1.54, 1.807) is 0 Å². The second-order valence-corrected chi connectivity index (χ2v) is 1.66. The lowest BCUT2D eigenvalue weighted by Gasteiger charge is -1.93. The zero-order chi connectivity index (χ0) is 9.02. The summed E-state index contributed by atoms with van der Waals surface area (Å²) in [7, 11) is 0. The van der Waals surface area contributed by atoms with Crippen LogP contribution in [0, 0.1) is 4.91 Å². The van der Waals surface area contributed by atoms with Crippen LogP contribution in [0.2, 0.25) is 0 Å². The number of carbonyl (C=O) groups is 2. The quantitative estimate of drug-likeness (QED) is 0.265. The van der Waals surface area contributed by atoms with Gasteiger partial charge in [0.25, 0.3) is 0 Å². The summed E-state index contributed by atoms with van der Waals surface area (Å²) in [5.74, 6) is -3.34. The van der Waals surface area contributed by atoms with E-state index in [1.165, 1.54) is 0 Å². The first kappa shape index (κ1) is 9.28. The van der Waals surface area contributed by atoms with Crippen LogP contribution in [-0.4, -0.2) is 22.2 Å². The average molecular weight is 159 g/mol. The van der Waals surface area contributed by atoms with E-state index in [2.05, 4.69) is 5.18 Å². The van der Waals surface area contributed by atoms with Gasteiger partial charge in [-0.2, -0.15) is 0 Å². The lowest BCUT2D eigenvalue weighted by molar-refractivity contribution is -0.140. The summed E-state index contributed by atoms with van der Waals surface area (Å²) in [5.41, 5.74) is -1.55. The third-order valence-electron chi connectivity index (χ3n) is 0.926. The van der Waals surface area contributed by atoms with Crippen LogP contribution in [0.5, 0.6) is 0 Å². The maximum Gasteiger partial charge on any atom is 0.345 e. The summed E-state index contributed by atoms with van der Waals surface area (Å²) >= 11 is 0. The Balaban J connectivity index is 5.04. The molecular formula is C5H5NO5. The first-order chi connectivity index (χ1) is 5.00. The molecule has 0 aliphatic rings. The van der Waals surface area contributed by atoms with Crippen LogP contribution < -0.4 is 0 Å². The molecule has 0 heterocycles.